The van der Waals surface area contributed by atoms with Gasteiger partial charge >= 0.3 is 0 Å². The molecule has 0 spiro atoms. The van der Waals surface area contributed by atoms with Crippen molar-refractivity contribution in [1.29, 1.82) is 0 Å². The van der Waals surface area contributed by atoms with E-state index >= 15 is 0 Å². The molecule has 3 N–H and O–H groups in total. The lowest BCUT2D eigenvalue weighted by molar-refractivity contribution is -0.123. The highest BCUT2D eigenvalue weighted by Crippen LogP contribution is 2.11. The molecule has 1 aromatic carbocycles. The number of rotatable bonds is 5. The molecule has 0 aromatic heterocycles. The highest BCUT2D eigenvalue weighted by Gasteiger charge is 2.22. The van der Waals surface area contributed by atoms with Crippen molar-refractivity contribution in [2.75, 3.05) is 26.2 Å². The van der Waals surface area contributed by atoms with Gasteiger partial charge < -0.3 is 20.9 Å². The summed E-state index contributed by atoms with van der Waals surface area (Å²) in [4.78, 5) is 30.2. The molecule has 1 saturated heterocycles. The highest BCUT2D eigenvalue weighted by atomic mass is 16.2. The second-order valence-electron chi connectivity index (χ2n) is 6.75. The van der Waals surface area contributed by atoms with Crippen LogP contribution in [0.25, 0.3) is 0 Å². The second-order valence-corrected chi connectivity index (χ2v) is 6.75. The van der Waals surface area contributed by atoms with Crippen LogP contribution >= 0.6 is 0 Å². The zero-order valence-corrected chi connectivity index (χ0v) is 15.7. The van der Waals surface area contributed by atoms with Crippen molar-refractivity contribution in [3.05, 3.63) is 47.5 Å². The minimum absolute atomic E-state index is 0.108. The second kappa shape index (κ2) is 9.21. The lowest BCUT2D eigenvalue weighted by Gasteiger charge is -2.26. The molecule has 2 amide bonds. The first kappa shape index (κ1) is 18.9. The van der Waals surface area contributed by atoms with Crippen LogP contribution in [0.2, 0.25) is 0 Å². The van der Waals surface area contributed by atoms with Gasteiger partial charge in [-0.05, 0) is 37.5 Å². The number of nitrogens with zero attached hydrogens (tertiary/aromatic N) is 2. The number of benzene rings is 1. The van der Waals surface area contributed by atoms with Gasteiger partial charge in [-0.1, -0.05) is 24.3 Å². The number of piperazine rings is 1. The maximum atomic E-state index is 12.5. The zero-order valence-electron chi connectivity index (χ0n) is 15.7. The van der Waals surface area contributed by atoms with Gasteiger partial charge in [0.25, 0.3) is 5.91 Å². The minimum atomic E-state index is -0.110. The highest BCUT2D eigenvalue weighted by molar-refractivity contribution is 5.97. The minimum Gasteiger partial charge on any atom is -0.357 e. The van der Waals surface area contributed by atoms with E-state index in [0.29, 0.717) is 31.2 Å². The molecule has 0 saturated carbocycles. The fourth-order valence-corrected chi connectivity index (χ4v) is 3.17. The van der Waals surface area contributed by atoms with Gasteiger partial charge in [-0.15, -0.1) is 0 Å². The summed E-state index contributed by atoms with van der Waals surface area (Å²) in [7, 11) is 0. The van der Waals surface area contributed by atoms with Crippen LogP contribution in [0.15, 0.2) is 41.4 Å². The van der Waals surface area contributed by atoms with Gasteiger partial charge in [0.2, 0.25) is 5.91 Å². The first-order chi connectivity index (χ1) is 13.2. The number of guanidine groups is 1. The van der Waals surface area contributed by atoms with Crippen LogP contribution in [0.3, 0.4) is 0 Å². The Balaban J connectivity index is 1.58. The molecular formula is C20H27N5O2. The van der Waals surface area contributed by atoms with Gasteiger partial charge in [0.05, 0.1) is 13.1 Å². The normalized spacial score (nSPS) is 17.7. The van der Waals surface area contributed by atoms with Gasteiger partial charge in [-0.25, -0.2) is 4.99 Å². The van der Waals surface area contributed by atoms with Crippen molar-refractivity contribution < 1.29 is 9.59 Å². The predicted octanol–water partition coefficient (Wildman–Crippen LogP) is 1.03. The quantitative estimate of drug-likeness (QED) is 0.411. The van der Waals surface area contributed by atoms with E-state index in [-0.39, 0.29) is 18.4 Å². The average molecular weight is 369 g/mol. The van der Waals surface area contributed by atoms with Crippen LogP contribution in [-0.2, 0) is 11.3 Å². The molecule has 7 nitrogen and oxygen atoms in total. The zero-order chi connectivity index (χ0) is 19.1. The van der Waals surface area contributed by atoms with Gasteiger partial charge in [0.1, 0.15) is 0 Å². The third-order valence-corrected chi connectivity index (χ3v) is 4.64. The summed E-state index contributed by atoms with van der Waals surface area (Å²) in [5.41, 5.74) is 1.63. The third kappa shape index (κ3) is 5.32. The smallest absolute Gasteiger partial charge is 0.254 e. The summed E-state index contributed by atoms with van der Waals surface area (Å²) in [6.45, 7) is 4.57. The summed E-state index contributed by atoms with van der Waals surface area (Å²) in [5, 5.41) is 9.44. The molecule has 1 aliphatic heterocycles. The van der Waals surface area contributed by atoms with Gasteiger partial charge in [-0.2, -0.15) is 0 Å². The standard InChI is InChI=1S/C20H27N5O2/c1-2-21-20(24-17-5-3-4-6-17)23-13-15-7-9-16(10-8-15)19(27)25-12-11-22-18(26)14-25/h3-4,7-10,17H,2,5-6,11-14H2,1H3,(H,22,26)(H2,21,23,24). The van der Waals surface area contributed by atoms with E-state index in [1.165, 1.54) is 0 Å². The Morgan fingerprint density at radius 3 is 2.67 bits per heavy atom. The van der Waals surface area contributed by atoms with Crippen molar-refractivity contribution in [3.63, 3.8) is 0 Å². The van der Waals surface area contributed by atoms with E-state index in [1.54, 1.807) is 17.0 Å². The Hall–Kier alpha value is -2.83. The Bertz CT molecular complexity index is 718. The van der Waals surface area contributed by atoms with E-state index in [9.17, 15) is 9.59 Å². The summed E-state index contributed by atoms with van der Waals surface area (Å²) in [6.07, 6.45) is 6.41. The third-order valence-electron chi connectivity index (χ3n) is 4.64. The maximum Gasteiger partial charge on any atom is 0.254 e. The van der Waals surface area contributed by atoms with Crippen LogP contribution in [0.5, 0.6) is 0 Å². The molecule has 1 aliphatic carbocycles. The number of aliphatic imine (C=N–C) groups is 1. The number of carbonyl (C=O) groups is 2. The van der Waals surface area contributed by atoms with E-state index in [0.717, 1.165) is 30.9 Å². The van der Waals surface area contributed by atoms with Crippen molar-refractivity contribution in [2.45, 2.75) is 32.4 Å². The van der Waals surface area contributed by atoms with Crippen LogP contribution in [0, 0.1) is 0 Å². The molecular weight excluding hydrogens is 342 g/mol. The monoisotopic (exact) mass is 369 g/mol. The van der Waals surface area contributed by atoms with Crippen LogP contribution < -0.4 is 16.0 Å². The fourth-order valence-electron chi connectivity index (χ4n) is 3.17. The number of hydrogen-bond donors (Lipinski definition) is 3. The summed E-state index contributed by atoms with van der Waals surface area (Å²) < 4.78 is 0. The van der Waals surface area contributed by atoms with Gasteiger partial charge in [-0.3, -0.25) is 9.59 Å². The predicted molar refractivity (Wildman–Crippen MR) is 105 cm³/mol. The van der Waals surface area contributed by atoms with Crippen LogP contribution in [0.1, 0.15) is 35.7 Å². The molecule has 1 heterocycles. The molecule has 7 heteroatoms. The lowest BCUT2D eigenvalue weighted by atomic mass is 10.1. The molecule has 0 radical (unpaired) electrons. The van der Waals surface area contributed by atoms with Crippen molar-refractivity contribution >= 4 is 17.8 Å². The molecule has 0 bridgehead atoms. The molecule has 3 rings (SSSR count). The average Bonchev–Trinajstić information content (AvgIpc) is 3.19. The van der Waals surface area contributed by atoms with Crippen molar-refractivity contribution in [1.82, 2.24) is 20.9 Å². The fraction of sp³-hybridized carbons (Fsp3) is 0.450. The number of amides is 2. The Morgan fingerprint density at radius 1 is 1.26 bits per heavy atom. The Kier molecular flexibility index (Phi) is 6.46. The molecule has 0 atom stereocenters. The van der Waals surface area contributed by atoms with E-state index < -0.39 is 0 Å². The molecule has 0 unspecified atom stereocenters. The largest absolute Gasteiger partial charge is 0.357 e. The molecule has 2 aliphatic rings. The van der Waals surface area contributed by atoms with Crippen molar-refractivity contribution in [2.24, 2.45) is 4.99 Å². The first-order valence-corrected chi connectivity index (χ1v) is 9.50. The number of hydrogen-bond acceptors (Lipinski definition) is 3. The SMILES string of the molecule is CCNC(=NCc1ccc(C(=O)N2CCNC(=O)C2)cc1)NC1CC=CC1. The molecule has 27 heavy (non-hydrogen) atoms. The Labute approximate surface area is 159 Å². The molecule has 1 fully saturated rings. The molecule has 1 aromatic rings. The summed E-state index contributed by atoms with van der Waals surface area (Å²) >= 11 is 0. The summed E-state index contributed by atoms with van der Waals surface area (Å²) in [6, 6.07) is 7.86. The van der Waals surface area contributed by atoms with E-state index in [2.05, 4.69) is 33.1 Å². The number of nitrogens with one attached hydrogen (secondary N) is 3. The van der Waals surface area contributed by atoms with Gasteiger partial charge in [0.15, 0.2) is 5.96 Å². The first-order valence-electron chi connectivity index (χ1n) is 9.50. The van der Waals surface area contributed by atoms with Gasteiger partial charge in [0, 0.05) is 31.2 Å². The maximum absolute atomic E-state index is 12.5. The Morgan fingerprint density at radius 2 is 2.00 bits per heavy atom. The summed E-state index contributed by atoms with van der Waals surface area (Å²) in [5.74, 6) is 0.593. The lowest BCUT2D eigenvalue weighted by Crippen LogP contribution is -2.49. The topological polar surface area (TPSA) is 85.8 Å². The van der Waals surface area contributed by atoms with Crippen LogP contribution in [-0.4, -0.2) is 54.9 Å². The van der Waals surface area contributed by atoms with Crippen LogP contribution in [0.4, 0.5) is 0 Å². The van der Waals surface area contributed by atoms with E-state index in [1.807, 2.05) is 19.1 Å². The number of carbonyl (C=O) groups excluding carboxylic acids is 2. The molecule has 144 valence electrons. The van der Waals surface area contributed by atoms with E-state index in [4.69, 9.17) is 0 Å². The van der Waals surface area contributed by atoms with Crippen molar-refractivity contribution in [3.8, 4) is 0 Å².